The third kappa shape index (κ3) is 6.96. The Hall–Kier alpha value is -4.08. The summed E-state index contributed by atoms with van der Waals surface area (Å²) in [5.74, 6) is -1.47. The number of hydrogen-bond acceptors (Lipinski definition) is 6. The Balaban J connectivity index is 1.73. The number of nitrogens with one attached hydrogen (secondary N) is 2. The largest absolute Gasteiger partial charge is 0.271 e. The molecule has 0 heterocycles. The molecule has 0 saturated carbocycles. The van der Waals surface area contributed by atoms with Crippen LogP contribution in [0.5, 0.6) is 0 Å². The van der Waals surface area contributed by atoms with Gasteiger partial charge in [0.1, 0.15) is 0 Å². The highest BCUT2D eigenvalue weighted by atomic mass is 35.5. The van der Waals surface area contributed by atoms with Crippen molar-refractivity contribution in [2.24, 2.45) is 10.2 Å². The fourth-order valence-electron chi connectivity index (χ4n) is 2.54. The minimum absolute atomic E-state index is 0.121. The molecule has 0 spiro atoms. The van der Waals surface area contributed by atoms with E-state index < -0.39 is 22.4 Å². The number of rotatable bonds is 7. The van der Waals surface area contributed by atoms with Crippen LogP contribution in [0.3, 0.4) is 0 Å². The topological polar surface area (TPSA) is 126 Å². The van der Waals surface area contributed by atoms with Crippen molar-refractivity contribution in [2.75, 3.05) is 0 Å². The minimum Gasteiger partial charge on any atom is -0.267 e. The zero-order valence-corrected chi connectivity index (χ0v) is 18.2. The third-order valence-corrected chi connectivity index (χ3v) is 4.66. The van der Waals surface area contributed by atoms with Gasteiger partial charge in [0.25, 0.3) is 17.5 Å². The van der Waals surface area contributed by atoms with Crippen LogP contribution < -0.4 is 10.9 Å². The predicted molar refractivity (Wildman–Crippen MR) is 126 cm³/mol. The number of nitrogens with zero attached hydrogens (tertiary/aromatic N) is 3. The highest BCUT2D eigenvalue weighted by molar-refractivity contribution is 6.30. The number of carbonyl (C=O) groups is 2. The Morgan fingerprint density at radius 3 is 1.52 bits per heavy atom. The maximum absolute atomic E-state index is 12.4. The monoisotopic (exact) mass is 483 g/mol. The summed E-state index contributed by atoms with van der Waals surface area (Å²) in [5.41, 5.74) is 5.21. The molecular formula is C22H15Cl2N5O4. The van der Waals surface area contributed by atoms with Gasteiger partial charge in [-0.25, -0.2) is 10.9 Å². The van der Waals surface area contributed by atoms with Crippen LogP contribution >= 0.6 is 23.2 Å². The molecule has 0 unspecified atom stereocenters. The van der Waals surface area contributed by atoms with E-state index in [4.69, 9.17) is 23.2 Å². The van der Waals surface area contributed by atoms with E-state index >= 15 is 0 Å². The summed E-state index contributed by atoms with van der Waals surface area (Å²) in [6, 6.07) is 16.7. The molecule has 33 heavy (non-hydrogen) atoms. The van der Waals surface area contributed by atoms with Crippen LogP contribution in [0.25, 0.3) is 0 Å². The lowest BCUT2D eigenvalue weighted by Crippen LogP contribution is -2.21. The second kappa shape index (κ2) is 11.0. The van der Waals surface area contributed by atoms with E-state index in [1.54, 1.807) is 48.5 Å². The Morgan fingerprint density at radius 2 is 1.15 bits per heavy atom. The Bertz CT molecular complexity index is 1150. The molecule has 3 aromatic carbocycles. The zero-order valence-electron chi connectivity index (χ0n) is 16.7. The molecule has 9 nitrogen and oxygen atoms in total. The molecule has 0 aliphatic rings. The highest BCUT2D eigenvalue weighted by Gasteiger charge is 2.17. The molecular weight excluding hydrogens is 469 g/mol. The molecule has 2 amide bonds. The molecule has 3 aromatic rings. The summed E-state index contributed by atoms with van der Waals surface area (Å²) in [6.45, 7) is 0. The lowest BCUT2D eigenvalue weighted by Gasteiger charge is -2.05. The highest BCUT2D eigenvalue weighted by Crippen LogP contribution is 2.18. The van der Waals surface area contributed by atoms with Gasteiger partial charge in [-0.05, 0) is 41.5 Å². The first-order valence-corrected chi connectivity index (χ1v) is 10.0. The molecule has 0 atom stereocenters. The van der Waals surface area contributed by atoms with Gasteiger partial charge in [0.15, 0.2) is 0 Å². The zero-order chi connectivity index (χ0) is 23.8. The smallest absolute Gasteiger partial charge is 0.267 e. The molecule has 2 N–H and O–H groups in total. The van der Waals surface area contributed by atoms with Crippen LogP contribution in [0.2, 0.25) is 10.0 Å². The van der Waals surface area contributed by atoms with Crippen molar-refractivity contribution in [1.29, 1.82) is 0 Å². The van der Waals surface area contributed by atoms with E-state index in [1.807, 2.05) is 0 Å². The molecule has 0 saturated heterocycles. The van der Waals surface area contributed by atoms with Crippen molar-refractivity contribution in [3.8, 4) is 0 Å². The molecule has 0 aromatic heterocycles. The number of hydrogen-bond donors (Lipinski definition) is 2. The molecule has 3 rings (SSSR count). The average Bonchev–Trinajstić information content (AvgIpc) is 2.81. The molecule has 0 aliphatic heterocycles. The van der Waals surface area contributed by atoms with Crippen molar-refractivity contribution >= 4 is 53.1 Å². The van der Waals surface area contributed by atoms with Crippen LogP contribution in [-0.4, -0.2) is 29.2 Å². The van der Waals surface area contributed by atoms with E-state index in [0.717, 1.165) is 12.1 Å². The molecule has 0 aliphatic carbocycles. The fraction of sp³-hybridized carbons (Fsp3) is 0. The quantitative estimate of drug-likeness (QED) is 0.292. The number of amides is 2. The number of non-ortho nitro benzene ring substituents is 1. The average molecular weight is 484 g/mol. The molecule has 166 valence electrons. The predicted octanol–water partition coefficient (Wildman–Crippen LogP) is 4.43. The van der Waals surface area contributed by atoms with Crippen molar-refractivity contribution in [1.82, 2.24) is 10.9 Å². The lowest BCUT2D eigenvalue weighted by molar-refractivity contribution is -0.384. The minimum atomic E-state index is -0.734. The van der Waals surface area contributed by atoms with Gasteiger partial charge in [-0.15, -0.1) is 0 Å². The number of carbonyl (C=O) groups excluding carboxylic acids is 2. The maximum Gasteiger partial charge on any atom is 0.271 e. The second-order valence-electron chi connectivity index (χ2n) is 6.53. The van der Waals surface area contributed by atoms with E-state index in [2.05, 4.69) is 21.1 Å². The molecule has 0 fully saturated rings. The number of hydrazone groups is 2. The summed E-state index contributed by atoms with van der Waals surface area (Å²) in [6.07, 6.45) is 2.76. The lowest BCUT2D eigenvalue weighted by atomic mass is 10.1. The van der Waals surface area contributed by atoms with Crippen molar-refractivity contribution in [3.63, 3.8) is 0 Å². The first-order valence-electron chi connectivity index (χ1n) is 9.29. The first-order chi connectivity index (χ1) is 15.8. The normalized spacial score (nSPS) is 11.0. The van der Waals surface area contributed by atoms with E-state index in [0.29, 0.717) is 21.2 Å². The summed E-state index contributed by atoms with van der Waals surface area (Å²) in [4.78, 5) is 35.4. The van der Waals surface area contributed by atoms with E-state index in [1.165, 1.54) is 18.5 Å². The summed E-state index contributed by atoms with van der Waals surface area (Å²) < 4.78 is 0. The maximum atomic E-state index is 12.4. The Morgan fingerprint density at radius 1 is 0.758 bits per heavy atom. The van der Waals surface area contributed by atoms with Crippen LogP contribution in [-0.2, 0) is 0 Å². The van der Waals surface area contributed by atoms with Crippen LogP contribution in [0, 0.1) is 10.1 Å². The summed E-state index contributed by atoms with van der Waals surface area (Å²) >= 11 is 11.6. The SMILES string of the molecule is O=C(N/N=C/c1ccc(Cl)cc1)c1cc(C(=O)N/N=C/c2ccc(Cl)cc2)cc([N+](=O)[O-])c1. The van der Waals surface area contributed by atoms with E-state index in [-0.39, 0.29) is 11.1 Å². The fourth-order valence-corrected chi connectivity index (χ4v) is 2.79. The molecule has 11 heteroatoms. The second-order valence-corrected chi connectivity index (χ2v) is 7.40. The number of halogens is 2. The van der Waals surface area contributed by atoms with Crippen LogP contribution in [0.15, 0.2) is 76.9 Å². The van der Waals surface area contributed by atoms with Crippen molar-refractivity contribution in [3.05, 3.63) is 109 Å². The Kier molecular flexibility index (Phi) is 7.85. The summed E-state index contributed by atoms with van der Waals surface area (Å²) in [5, 5.41) is 20.0. The number of nitro benzene ring substituents is 1. The van der Waals surface area contributed by atoms with Crippen LogP contribution in [0.1, 0.15) is 31.8 Å². The standard InChI is InChI=1S/C22H15Cl2N5O4/c23-18-5-1-14(2-6-18)12-25-27-21(30)16-9-17(11-20(10-16)29(32)33)22(31)28-26-13-15-3-7-19(24)8-4-15/h1-13H,(H,27,30)(H,28,31)/b25-12+,26-13+. The van der Waals surface area contributed by atoms with Gasteiger partial charge < -0.3 is 0 Å². The van der Waals surface area contributed by atoms with Gasteiger partial charge >= 0.3 is 0 Å². The number of nitro groups is 1. The first kappa shape index (κ1) is 23.6. The van der Waals surface area contributed by atoms with Gasteiger partial charge in [-0.1, -0.05) is 47.5 Å². The third-order valence-electron chi connectivity index (χ3n) is 4.15. The van der Waals surface area contributed by atoms with Gasteiger partial charge in [0, 0.05) is 33.3 Å². The Labute approximate surface area is 197 Å². The van der Waals surface area contributed by atoms with Crippen molar-refractivity contribution < 1.29 is 14.5 Å². The number of benzene rings is 3. The van der Waals surface area contributed by atoms with Crippen LogP contribution in [0.4, 0.5) is 5.69 Å². The molecule has 0 bridgehead atoms. The van der Waals surface area contributed by atoms with E-state index in [9.17, 15) is 19.7 Å². The van der Waals surface area contributed by atoms with Gasteiger partial charge in [0.05, 0.1) is 17.4 Å². The van der Waals surface area contributed by atoms with Crippen molar-refractivity contribution in [2.45, 2.75) is 0 Å². The van der Waals surface area contributed by atoms with Gasteiger partial charge in [0.2, 0.25) is 0 Å². The van der Waals surface area contributed by atoms with Gasteiger partial charge in [-0.2, -0.15) is 10.2 Å². The molecule has 0 radical (unpaired) electrons. The van der Waals surface area contributed by atoms with Gasteiger partial charge in [-0.3, -0.25) is 19.7 Å². The summed E-state index contributed by atoms with van der Waals surface area (Å²) in [7, 11) is 0.